The Balaban J connectivity index is 1.12. The third-order valence-corrected chi connectivity index (χ3v) is 11.9. The van der Waals surface area contributed by atoms with Crippen LogP contribution in [-0.4, -0.2) is 0 Å². The zero-order valence-corrected chi connectivity index (χ0v) is 32.0. The molecule has 0 fully saturated rings. The number of para-hydroxylation sites is 1. The number of hydrogen-bond acceptors (Lipinski definition) is 1. The lowest BCUT2D eigenvalue weighted by atomic mass is 9.85. The molecular formula is C54H30F6O. The highest BCUT2D eigenvalue weighted by atomic mass is 19.4. The van der Waals surface area contributed by atoms with Gasteiger partial charge in [-0.25, -0.2) is 0 Å². The molecule has 0 unspecified atom stereocenters. The molecule has 61 heavy (non-hydrogen) atoms. The SMILES string of the molecule is FC(F)(F)c1ccc(-c2c3ccccc3c(-c3ccc4c(c3)oc3c(-c5c6ccccc6c(-c6ccc(C(F)(F)F)cc6)c6ccccc56)cccc34)c3ccccc23)cc1. The Bertz CT molecular complexity index is 3430. The zero-order valence-electron chi connectivity index (χ0n) is 32.0. The van der Waals surface area contributed by atoms with Gasteiger partial charge < -0.3 is 4.42 Å². The second-order valence-electron chi connectivity index (χ2n) is 15.3. The van der Waals surface area contributed by atoms with E-state index >= 15 is 0 Å². The molecule has 0 amide bonds. The van der Waals surface area contributed by atoms with E-state index in [1.54, 1.807) is 24.3 Å². The molecular weight excluding hydrogens is 779 g/mol. The van der Waals surface area contributed by atoms with Crippen LogP contribution < -0.4 is 0 Å². The molecule has 1 heterocycles. The van der Waals surface area contributed by atoms with Crippen molar-refractivity contribution in [2.75, 3.05) is 0 Å². The first-order chi connectivity index (χ1) is 29.5. The second kappa shape index (κ2) is 13.6. The quantitative estimate of drug-likeness (QED) is 0.128. The number of hydrogen-bond donors (Lipinski definition) is 0. The standard InChI is InChI=1S/C54H30F6O/c55-53(56,57)34-25-20-31(21-26-34)48-37-10-1-3-12-39(37)50(40-13-4-2-11-38(40)48)33-24-29-36-45-18-9-19-46(52(45)61-47(36)30-33)51-43-16-7-5-14-41(43)49(42-15-6-8-17-44(42)51)32-22-27-35(28-23-32)54(58,59)60/h1-30H. The molecule has 1 nitrogen and oxygen atoms in total. The summed E-state index contributed by atoms with van der Waals surface area (Å²) in [7, 11) is 0. The van der Waals surface area contributed by atoms with Gasteiger partial charge in [0.15, 0.2) is 0 Å². The van der Waals surface area contributed by atoms with Gasteiger partial charge in [0.2, 0.25) is 0 Å². The molecule has 0 aliphatic carbocycles. The zero-order chi connectivity index (χ0) is 41.6. The summed E-state index contributed by atoms with van der Waals surface area (Å²) in [4.78, 5) is 0. The lowest BCUT2D eigenvalue weighted by Gasteiger charge is -2.18. The minimum atomic E-state index is -4.44. The van der Waals surface area contributed by atoms with Gasteiger partial charge in [-0.15, -0.1) is 0 Å². The Morgan fingerprint density at radius 2 is 0.639 bits per heavy atom. The number of halogens is 6. The number of benzene rings is 10. The maximum absolute atomic E-state index is 13.6. The van der Waals surface area contributed by atoms with Gasteiger partial charge in [-0.1, -0.05) is 146 Å². The van der Waals surface area contributed by atoms with E-state index in [0.717, 1.165) is 112 Å². The van der Waals surface area contributed by atoms with Crippen LogP contribution in [0, 0.1) is 0 Å². The molecule has 0 aliphatic heterocycles. The average molecular weight is 809 g/mol. The lowest BCUT2D eigenvalue weighted by molar-refractivity contribution is -0.138. The molecule has 0 spiro atoms. The molecule has 294 valence electrons. The maximum Gasteiger partial charge on any atom is 0.416 e. The van der Waals surface area contributed by atoms with E-state index in [1.165, 1.54) is 0 Å². The summed E-state index contributed by atoms with van der Waals surface area (Å²) >= 11 is 0. The summed E-state index contributed by atoms with van der Waals surface area (Å²) in [5, 5.41) is 9.32. The molecule has 11 aromatic rings. The second-order valence-corrected chi connectivity index (χ2v) is 15.3. The number of rotatable bonds is 4. The van der Waals surface area contributed by atoms with Crippen LogP contribution in [0.4, 0.5) is 26.3 Å². The highest BCUT2D eigenvalue weighted by molar-refractivity contribution is 6.25. The van der Waals surface area contributed by atoms with Crippen molar-refractivity contribution in [2.45, 2.75) is 12.4 Å². The first-order valence-corrected chi connectivity index (χ1v) is 19.7. The molecule has 10 aromatic carbocycles. The Kier molecular flexibility index (Phi) is 8.16. The highest BCUT2D eigenvalue weighted by Gasteiger charge is 2.31. The van der Waals surface area contributed by atoms with Crippen LogP contribution >= 0.6 is 0 Å². The molecule has 0 saturated heterocycles. The fourth-order valence-corrected chi connectivity index (χ4v) is 9.28. The Morgan fingerprint density at radius 3 is 1.03 bits per heavy atom. The molecule has 0 bridgehead atoms. The van der Waals surface area contributed by atoms with E-state index in [-0.39, 0.29) is 0 Å². The molecule has 0 aliphatic rings. The van der Waals surface area contributed by atoms with Crippen molar-refractivity contribution in [2.24, 2.45) is 0 Å². The van der Waals surface area contributed by atoms with Crippen molar-refractivity contribution in [1.29, 1.82) is 0 Å². The summed E-state index contributed by atoms with van der Waals surface area (Å²) in [5.74, 6) is 0. The van der Waals surface area contributed by atoms with Crippen molar-refractivity contribution in [3.63, 3.8) is 0 Å². The predicted molar refractivity (Wildman–Crippen MR) is 235 cm³/mol. The van der Waals surface area contributed by atoms with Crippen LogP contribution in [0.25, 0.3) is 110 Å². The lowest BCUT2D eigenvalue weighted by Crippen LogP contribution is -2.04. The molecule has 0 atom stereocenters. The maximum atomic E-state index is 13.6. The first-order valence-electron chi connectivity index (χ1n) is 19.7. The number of furan rings is 1. The predicted octanol–water partition coefficient (Wildman–Crippen LogP) is 16.9. The third-order valence-electron chi connectivity index (χ3n) is 11.9. The molecule has 0 N–H and O–H groups in total. The van der Waals surface area contributed by atoms with Crippen LogP contribution in [0.1, 0.15) is 11.1 Å². The normalized spacial score (nSPS) is 12.4. The van der Waals surface area contributed by atoms with Crippen LogP contribution in [0.3, 0.4) is 0 Å². The van der Waals surface area contributed by atoms with Gasteiger partial charge >= 0.3 is 12.4 Å². The van der Waals surface area contributed by atoms with Crippen LogP contribution in [0.15, 0.2) is 186 Å². The molecule has 11 rings (SSSR count). The molecule has 0 radical (unpaired) electrons. The van der Waals surface area contributed by atoms with E-state index in [9.17, 15) is 26.3 Å². The Hall–Kier alpha value is -7.38. The minimum Gasteiger partial charge on any atom is -0.455 e. The monoisotopic (exact) mass is 808 g/mol. The summed E-state index contributed by atoms with van der Waals surface area (Å²) in [6.45, 7) is 0. The summed E-state index contributed by atoms with van der Waals surface area (Å²) in [5.41, 5.74) is 6.87. The van der Waals surface area contributed by atoms with Crippen molar-refractivity contribution >= 4 is 65.0 Å². The van der Waals surface area contributed by atoms with Gasteiger partial charge in [0.25, 0.3) is 0 Å². The molecule has 1 aromatic heterocycles. The van der Waals surface area contributed by atoms with E-state index < -0.39 is 23.5 Å². The van der Waals surface area contributed by atoms with Gasteiger partial charge in [-0.2, -0.15) is 26.3 Å². The van der Waals surface area contributed by atoms with Gasteiger partial charge in [-0.3, -0.25) is 0 Å². The van der Waals surface area contributed by atoms with Crippen molar-refractivity contribution < 1.29 is 30.8 Å². The molecule has 0 saturated carbocycles. The van der Waals surface area contributed by atoms with Crippen LogP contribution in [-0.2, 0) is 12.4 Å². The van der Waals surface area contributed by atoms with Gasteiger partial charge in [0.05, 0.1) is 11.1 Å². The average Bonchev–Trinajstić information content (AvgIpc) is 3.65. The fourth-order valence-electron chi connectivity index (χ4n) is 9.28. The highest BCUT2D eigenvalue weighted by Crippen LogP contribution is 2.49. The fraction of sp³-hybridized carbons (Fsp3) is 0.0370. The van der Waals surface area contributed by atoms with E-state index in [4.69, 9.17) is 4.42 Å². The van der Waals surface area contributed by atoms with E-state index in [0.29, 0.717) is 22.3 Å². The third kappa shape index (κ3) is 5.87. The van der Waals surface area contributed by atoms with Crippen LogP contribution in [0.2, 0.25) is 0 Å². The van der Waals surface area contributed by atoms with Crippen molar-refractivity contribution in [3.8, 4) is 44.5 Å². The van der Waals surface area contributed by atoms with Gasteiger partial charge in [0.1, 0.15) is 11.2 Å². The minimum absolute atomic E-state index is 0.689. The summed E-state index contributed by atoms with van der Waals surface area (Å²) < 4.78 is 88.3. The van der Waals surface area contributed by atoms with Gasteiger partial charge in [0, 0.05) is 21.9 Å². The summed E-state index contributed by atoms with van der Waals surface area (Å²) in [6, 6.07) is 55.0. The molecule has 7 heteroatoms. The Labute approximate surface area is 344 Å². The Morgan fingerprint density at radius 1 is 0.295 bits per heavy atom. The van der Waals surface area contributed by atoms with Crippen molar-refractivity contribution in [3.05, 3.63) is 193 Å². The van der Waals surface area contributed by atoms with E-state index in [2.05, 4.69) is 54.6 Å². The number of alkyl halides is 6. The smallest absolute Gasteiger partial charge is 0.416 e. The summed E-state index contributed by atoms with van der Waals surface area (Å²) in [6.07, 6.45) is -8.88. The largest absolute Gasteiger partial charge is 0.455 e. The first kappa shape index (κ1) is 36.7. The van der Waals surface area contributed by atoms with E-state index in [1.807, 2.05) is 78.9 Å². The topological polar surface area (TPSA) is 13.1 Å². The number of fused-ring (bicyclic) bond motifs is 7. The van der Waals surface area contributed by atoms with Crippen LogP contribution in [0.5, 0.6) is 0 Å². The van der Waals surface area contributed by atoms with Gasteiger partial charge in [-0.05, 0) is 113 Å². The van der Waals surface area contributed by atoms with Crippen molar-refractivity contribution in [1.82, 2.24) is 0 Å².